The zero-order valence-corrected chi connectivity index (χ0v) is 6.23. The molecule has 0 atom stereocenters. The van der Waals surface area contributed by atoms with Gasteiger partial charge in [-0.15, -0.1) is 0 Å². The zero-order chi connectivity index (χ0) is 7.61. The Morgan fingerprint density at radius 1 is 1.40 bits per heavy atom. The standard InChI is InChI=1S/C6H8O3S/c7-3-1-6-2-4-10(8,9)5-6/h1,3H,2,4-5H2/b6-1+. The highest BCUT2D eigenvalue weighted by Gasteiger charge is 2.21. The van der Waals surface area contributed by atoms with E-state index in [1.807, 2.05) is 0 Å². The van der Waals surface area contributed by atoms with Crippen LogP contribution in [0.15, 0.2) is 11.6 Å². The van der Waals surface area contributed by atoms with Gasteiger partial charge < -0.3 is 0 Å². The maximum Gasteiger partial charge on any atom is 0.154 e. The zero-order valence-electron chi connectivity index (χ0n) is 5.41. The first kappa shape index (κ1) is 7.47. The first-order valence-electron chi connectivity index (χ1n) is 2.98. The number of hydrogen-bond acceptors (Lipinski definition) is 3. The molecule has 0 unspecified atom stereocenters. The second-order valence-corrected chi connectivity index (χ2v) is 4.49. The van der Waals surface area contributed by atoms with Gasteiger partial charge in [0.1, 0.15) is 6.29 Å². The van der Waals surface area contributed by atoms with Crippen LogP contribution in [-0.2, 0) is 14.6 Å². The van der Waals surface area contributed by atoms with Gasteiger partial charge in [-0.2, -0.15) is 0 Å². The molecule has 0 aromatic heterocycles. The molecular formula is C6H8O3S. The van der Waals surface area contributed by atoms with E-state index in [-0.39, 0.29) is 11.5 Å². The van der Waals surface area contributed by atoms with Crippen molar-refractivity contribution < 1.29 is 13.2 Å². The summed E-state index contributed by atoms with van der Waals surface area (Å²) in [4.78, 5) is 9.90. The van der Waals surface area contributed by atoms with Crippen LogP contribution in [-0.4, -0.2) is 26.2 Å². The van der Waals surface area contributed by atoms with E-state index < -0.39 is 9.84 Å². The van der Waals surface area contributed by atoms with E-state index in [9.17, 15) is 13.2 Å². The predicted octanol–water partition coefficient (Wildman–Crippen LogP) is -0.0698. The van der Waals surface area contributed by atoms with E-state index in [4.69, 9.17) is 0 Å². The molecule has 1 heterocycles. The smallest absolute Gasteiger partial charge is 0.154 e. The van der Waals surface area contributed by atoms with Crippen molar-refractivity contribution in [2.45, 2.75) is 6.42 Å². The van der Waals surface area contributed by atoms with Crippen LogP contribution in [0.2, 0.25) is 0 Å². The fourth-order valence-corrected chi connectivity index (χ4v) is 2.46. The van der Waals surface area contributed by atoms with E-state index >= 15 is 0 Å². The number of allylic oxidation sites excluding steroid dienone is 1. The fourth-order valence-electron chi connectivity index (χ4n) is 0.941. The predicted molar refractivity (Wildman–Crippen MR) is 37.4 cm³/mol. The lowest BCUT2D eigenvalue weighted by molar-refractivity contribution is -0.104. The van der Waals surface area contributed by atoms with Gasteiger partial charge in [0.05, 0.1) is 11.5 Å². The molecule has 4 heteroatoms. The highest BCUT2D eigenvalue weighted by atomic mass is 32.2. The SMILES string of the molecule is O=C/C=C1\CCS(=O)(=O)C1. The molecule has 1 aliphatic rings. The van der Waals surface area contributed by atoms with Gasteiger partial charge in [-0.25, -0.2) is 8.42 Å². The van der Waals surface area contributed by atoms with E-state index in [0.717, 1.165) is 5.57 Å². The third-order valence-corrected chi connectivity index (χ3v) is 3.08. The molecular weight excluding hydrogens is 152 g/mol. The normalized spacial score (nSPS) is 27.0. The summed E-state index contributed by atoms with van der Waals surface area (Å²) in [5.74, 6) is 0.276. The first-order chi connectivity index (χ1) is 4.64. The average Bonchev–Trinajstić information content (AvgIpc) is 2.12. The van der Waals surface area contributed by atoms with Crippen LogP contribution in [0.3, 0.4) is 0 Å². The maximum absolute atomic E-state index is 10.8. The summed E-state index contributed by atoms with van der Waals surface area (Å²) < 4.78 is 21.5. The summed E-state index contributed by atoms with van der Waals surface area (Å²) >= 11 is 0. The summed E-state index contributed by atoms with van der Waals surface area (Å²) in [6, 6.07) is 0. The van der Waals surface area contributed by atoms with E-state index in [2.05, 4.69) is 0 Å². The molecule has 1 fully saturated rings. The van der Waals surface area contributed by atoms with Crippen molar-refractivity contribution in [3.8, 4) is 0 Å². The highest BCUT2D eigenvalue weighted by molar-refractivity contribution is 7.91. The highest BCUT2D eigenvalue weighted by Crippen LogP contribution is 2.15. The van der Waals surface area contributed by atoms with Gasteiger partial charge in [-0.3, -0.25) is 4.79 Å². The lowest BCUT2D eigenvalue weighted by Crippen LogP contribution is -1.99. The molecule has 0 aromatic carbocycles. The van der Waals surface area contributed by atoms with E-state index in [1.165, 1.54) is 6.08 Å². The Kier molecular flexibility index (Phi) is 1.89. The Bertz CT molecular complexity index is 261. The van der Waals surface area contributed by atoms with Crippen LogP contribution in [0.4, 0.5) is 0 Å². The van der Waals surface area contributed by atoms with Gasteiger partial charge in [0, 0.05) is 0 Å². The minimum Gasteiger partial charge on any atom is -0.299 e. The summed E-state index contributed by atoms with van der Waals surface area (Å²) in [6.45, 7) is 0. The van der Waals surface area contributed by atoms with E-state index in [1.54, 1.807) is 0 Å². The Labute approximate surface area is 59.7 Å². The van der Waals surface area contributed by atoms with Crippen LogP contribution in [0, 0.1) is 0 Å². The molecule has 0 radical (unpaired) electrons. The molecule has 10 heavy (non-hydrogen) atoms. The molecule has 0 aromatic rings. The van der Waals surface area contributed by atoms with E-state index in [0.29, 0.717) is 12.7 Å². The minimum absolute atomic E-state index is 0.0751. The molecule has 0 aliphatic carbocycles. The summed E-state index contributed by atoms with van der Waals surface area (Å²) in [7, 11) is -2.84. The lowest BCUT2D eigenvalue weighted by atomic mass is 10.2. The topological polar surface area (TPSA) is 51.2 Å². The number of carbonyl (C=O) groups excluding carboxylic acids is 1. The fraction of sp³-hybridized carbons (Fsp3) is 0.500. The number of hydrogen-bond donors (Lipinski definition) is 0. The van der Waals surface area contributed by atoms with Gasteiger partial charge in [-0.1, -0.05) is 5.57 Å². The van der Waals surface area contributed by atoms with Crippen molar-refractivity contribution in [1.29, 1.82) is 0 Å². The maximum atomic E-state index is 10.8. The third-order valence-electron chi connectivity index (χ3n) is 1.44. The summed E-state index contributed by atoms with van der Waals surface area (Å²) in [6.07, 6.45) is 2.50. The van der Waals surface area contributed by atoms with Crippen molar-refractivity contribution in [3.05, 3.63) is 11.6 Å². The number of aldehydes is 1. The van der Waals surface area contributed by atoms with Crippen LogP contribution < -0.4 is 0 Å². The Morgan fingerprint density at radius 2 is 2.10 bits per heavy atom. The lowest BCUT2D eigenvalue weighted by Gasteiger charge is -1.85. The average molecular weight is 160 g/mol. The minimum atomic E-state index is -2.84. The van der Waals surface area contributed by atoms with Crippen LogP contribution in [0.5, 0.6) is 0 Å². The van der Waals surface area contributed by atoms with Gasteiger partial charge in [0.15, 0.2) is 9.84 Å². The summed E-state index contributed by atoms with van der Waals surface area (Å²) in [5.41, 5.74) is 0.731. The molecule has 1 rings (SSSR count). The van der Waals surface area contributed by atoms with Crippen molar-refractivity contribution in [2.75, 3.05) is 11.5 Å². The van der Waals surface area contributed by atoms with Crippen LogP contribution >= 0.6 is 0 Å². The van der Waals surface area contributed by atoms with Gasteiger partial charge in [0.2, 0.25) is 0 Å². The molecule has 0 N–H and O–H groups in total. The first-order valence-corrected chi connectivity index (χ1v) is 4.80. The van der Waals surface area contributed by atoms with Gasteiger partial charge >= 0.3 is 0 Å². The second kappa shape index (κ2) is 2.54. The van der Waals surface area contributed by atoms with Crippen molar-refractivity contribution in [1.82, 2.24) is 0 Å². The molecule has 3 nitrogen and oxygen atoms in total. The Morgan fingerprint density at radius 3 is 2.50 bits per heavy atom. The quantitative estimate of drug-likeness (QED) is 0.398. The molecule has 56 valence electrons. The molecule has 0 spiro atoms. The van der Waals surface area contributed by atoms with Crippen LogP contribution in [0.25, 0.3) is 0 Å². The largest absolute Gasteiger partial charge is 0.299 e. The molecule has 0 amide bonds. The number of rotatable bonds is 1. The molecule has 1 saturated heterocycles. The van der Waals surface area contributed by atoms with Crippen LogP contribution in [0.1, 0.15) is 6.42 Å². The summed E-state index contributed by atoms with van der Waals surface area (Å²) in [5, 5.41) is 0. The third kappa shape index (κ3) is 1.67. The molecule has 0 saturated carbocycles. The van der Waals surface area contributed by atoms with Crippen molar-refractivity contribution >= 4 is 16.1 Å². The Hall–Kier alpha value is -0.640. The van der Waals surface area contributed by atoms with Gasteiger partial charge in [0.25, 0.3) is 0 Å². The molecule has 1 aliphatic heterocycles. The number of carbonyl (C=O) groups is 1. The van der Waals surface area contributed by atoms with Gasteiger partial charge in [-0.05, 0) is 12.5 Å². The van der Waals surface area contributed by atoms with Crippen molar-refractivity contribution in [3.63, 3.8) is 0 Å². The number of sulfone groups is 1. The second-order valence-electron chi connectivity index (χ2n) is 2.30. The monoisotopic (exact) mass is 160 g/mol. The Balaban J connectivity index is 2.77. The van der Waals surface area contributed by atoms with Crippen molar-refractivity contribution in [2.24, 2.45) is 0 Å². The molecule has 0 bridgehead atoms.